The Bertz CT molecular complexity index is 307. The van der Waals surface area contributed by atoms with Crippen molar-refractivity contribution in [1.29, 1.82) is 0 Å². The molecule has 0 aliphatic carbocycles. The van der Waals surface area contributed by atoms with Gasteiger partial charge in [0.2, 0.25) is 0 Å². The molecular formula is C14H16. The van der Waals surface area contributed by atoms with Crippen molar-refractivity contribution in [1.82, 2.24) is 0 Å². The Labute approximate surface area is 87.4 Å². The van der Waals surface area contributed by atoms with Crippen LogP contribution in [0.4, 0.5) is 0 Å². The largest absolute Gasteiger partial charge is 0.0991 e. The van der Waals surface area contributed by atoms with E-state index in [4.69, 9.17) is 0 Å². The summed E-state index contributed by atoms with van der Waals surface area (Å²) < 4.78 is 0. The molecule has 0 aliphatic heterocycles. The van der Waals surface area contributed by atoms with Gasteiger partial charge in [0.1, 0.15) is 0 Å². The fraction of sp³-hybridized carbons (Fsp3) is 0.286. The molecule has 0 N–H and O–H groups in total. The molecule has 0 spiro atoms. The van der Waals surface area contributed by atoms with E-state index in [0.717, 1.165) is 19.3 Å². The molecule has 0 aromatic heterocycles. The molecule has 0 aromatic rings. The highest BCUT2D eigenvalue weighted by molar-refractivity contribution is 5.26. The lowest BCUT2D eigenvalue weighted by Crippen LogP contribution is -1.61. The van der Waals surface area contributed by atoms with E-state index in [2.05, 4.69) is 37.2 Å². The molecule has 0 heterocycles. The van der Waals surface area contributed by atoms with Gasteiger partial charge >= 0.3 is 0 Å². The highest BCUT2D eigenvalue weighted by Crippen LogP contribution is 1.83. The van der Waals surface area contributed by atoms with Gasteiger partial charge in [-0.25, -0.2) is 0 Å². The van der Waals surface area contributed by atoms with Crippen molar-refractivity contribution in [3.63, 3.8) is 0 Å². The SMILES string of the molecule is C=C/C=C/C=C/CC#CC#CCCC. The Morgan fingerprint density at radius 2 is 1.86 bits per heavy atom. The fourth-order valence-corrected chi connectivity index (χ4v) is 0.675. The Balaban J connectivity index is 3.63. The maximum atomic E-state index is 3.57. The molecule has 0 heteroatoms. The minimum atomic E-state index is 0.752. The van der Waals surface area contributed by atoms with Gasteiger partial charge in [0.05, 0.1) is 0 Å². The number of hydrogen-bond donors (Lipinski definition) is 0. The molecule has 0 aromatic carbocycles. The van der Waals surface area contributed by atoms with Crippen LogP contribution in [0.15, 0.2) is 37.0 Å². The van der Waals surface area contributed by atoms with Crippen molar-refractivity contribution in [2.75, 3.05) is 0 Å². The summed E-state index contributed by atoms with van der Waals surface area (Å²) in [5.41, 5.74) is 0. The van der Waals surface area contributed by atoms with Gasteiger partial charge in [-0.05, 0) is 18.3 Å². The Morgan fingerprint density at radius 1 is 1.07 bits per heavy atom. The van der Waals surface area contributed by atoms with E-state index in [0.29, 0.717) is 0 Å². The van der Waals surface area contributed by atoms with Crippen molar-refractivity contribution in [3.8, 4) is 23.7 Å². The van der Waals surface area contributed by atoms with Crippen LogP contribution in [0.2, 0.25) is 0 Å². The summed E-state index contributed by atoms with van der Waals surface area (Å²) in [5, 5.41) is 0. The average molecular weight is 184 g/mol. The van der Waals surface area contributed by atoms with E-state index in [1.165, 1.54) is 0 Å². The second-order valence-electron chi connectivity index (χ2n) is 2.61. The van der Waals surface area contributed by atoms with Crippen LogP contribution in [0.1, 0.15) is 26.2 Å². The van der Waals surface area contributed by atoms with Crippen LogP contribution in [0.3, 0.4) is 0 Å². The Hall–Kier alpha value is -1.66. The van der Waals surface area contributed by atoms with Crippen molar-refractivity contribution >= 4 is 0 Å². The first-order valence-electron chi connectivity index (χ1n) is 4.81. The quantitative estimate of drug-likeness (QED) is 0.463. The van der Waals surface area contributed by atoms with Gasteiger partial charge in [0, 0.05) is 12.8 Å². The third-order valence-corrected chi connectivity index (χ3v) is 1.33. The molecule has 0 radical (unpaired) electrons. The molecule has 0 bridgehead atoms. The monoisotopic (exact) mass is 184 g/mol. The lowest BCUT2D eigenvalue weighted by molar-refractivity contribution is 0.983. The normalized spacial score (nSPS) is 9.21. The summed E-state index contributed by atoms with van der Waals surface area (Å²) in [4.78, 5) is 0. The van der Waals surface area contributed by atoms with Crippen LogP contribution in [0.5, 0.6) is 0 Å². The molecule has 14 heavy (non-hydrogen) atoms. The van der Waals surface area contributed by atoms with Crippen LogP contribution in [0.25, 0.3) is 0 Å². The second kappa shape index (κ2) is 11.3. The molecule has 0 fully saturated rings. The molecule has 0 atom stereocenters. The van der Waals surface area contributed by atoms with E-state index in [9.17, 15) is 0 Å². The topological polar surface area (TPSA) is 0 Å². The van der Waals surface area contributed by atoms with Gasteiger partial charge in [-0.1, -0.05) is 55.7 Å². The van der Waals surface area contributed by atoms with Crippen molar-refractivity contribution in [2.45, 2.75) is 26.2 Å². The maximum absolute atomic E-state index is 3.57. The van der Waals surface area contributed by atoms with E-state index in [-0.39, 0.29) is 0 Å². The van der Waals surface area contributed by atoms with Gasteiger partial charge in [-0.3, -0.25) is 0 Å². The lowest BCUT2D eigenvalue weighted by Gasteiger charge is -1.74. The first kappa shape index (κ1) is 12.3. The summed E-state index contributed by atoms with van der Waals surface area (Å²) in [7, 11) is 0. The Morgan fingerprint density at radius 3 is 2.57 bits per heavy atom. The predicted octanol–water partition coefficient (Wildman–Crippen LogP) is 3.48. The van der Waals surface area contributed by atoms with Crippen LogP contribution >= 0.6 is 0 Å². The van der Waals surface area contributed by atoms with E-state index < -0.39 is 0 Å². The average Bonchev–Trinajstić information content (AvgIpc) is 2.21. The smallest absolute Gasteiger partial charge is 0.0283 e. The van der Waals surface area contributed by atoms with Crippen molar-refractivity contribution < 1.29 is 0 Å². The highest BCUT2D eigenvalue weighted by Gasteiger charge is 1.68. The summed E-state index contributed by atoms with van der Waals surface area (Å²) in [6, 6.07) is 0. The first-order chi connectivity index (χ1) is 6.91. The molecule has 72 valence electrons. The predicted molar refractivity (Wildman–Crippen MR) is 63.6 cm³/mol. The summed E-state index contributed by atoms with van der Waals surface area (Å²) >= 11 is 0. The molecule has 0 amide bonds. The zero-order chi connectivity index (χ0) is 10.5. The maximum Gasteiger partial charge on any atom is 0.0283 e. The number of rotatable bonds is 4. The van der Waals surface area contributed by atoms with Crippen LogP contribution < -0.4 is 0 Å². The van der Waals surface area contributed by atoms with E-state index >= 15 is 0 Å². The zero-order valence-electron chi connectivity index (χ0n) is 8.72. The minimum Gasteiger partial charge on any atom is -0.0991 e. The fourth-order valence-electron chi connectivity index (χ4n) is 0.675. The standard InChI is InChI=1S/C14H16/c1-3-5-7-9-11-13-14-12-10-8-6-4-2/h3,5,7,9,11H,1,4,6,13H2,2H3/b7-5+,11-9+. The van der Waals surface area contributed by atoms with Gasteiger partial charge in [0.25, 0.3) is 0 Å². The van der Waals surface area contributed by atoms with Crippen LogP contribution in [0, 0.1) is 23.7 Å². The number of unbranched alkanes of at least 4 members (excludes halogenated alkanes) is 1. The zero-order valence-corrected chi connectivity index (χ0v) is 8.72. The highest BCUT2D eigenvalue weighted by atomic mass is 13.7. The minimum absolute atomic E-state index is 0.752. The second-order valence-corrected chi connectivity index (χ2v) is 2.61. The molecule has 0 aliphatic rings. The summed E-state index contributed by atoms with van der Waals surface area (Å²) in [5.74, 6) is 11.5. The van der Waals surface area contributed by atoms with Crippen molar-refractivity contribution in [3.05, 3.63) is 37.0 Å². The number of allylic oxidation sites excluding steroid dienone is 5. The molecular weight excluding hydrogens is 168 g/mol. The van der Waals surface area contributed by atoms with E-state index in [1.54, 1.807) is 6.08 Å². The third kappa shape index (κ3) is 10.3. The first-order valence-corrected chi connectivity index (χ1v) is 4.81. The summed E-state index contributed by atoms with van der Waals surface area (Å²) in [6.45, 7) is 5.68. The number of hydrogen-bond acceptors (Lipinski definition) is 0. The van der Waals surface area contributed by atoms with Crippen molar-refractivity contribution in [2.24, 2.45) is 0 Å². The van der Waals surface area contributed by atoms with Gasteiger partial charge < -0.3 is 0 Å². The molecule has 0 nitrogen and oxygen atoms in total. The van der Waals surface area contributed by atoms with Gasteiger partial charge in [-0.2, -0.15) is 0 Å². The van der Waals surface area contributed by atoms with Gasteiger partial charge in [0.15, 0.2) is 0 Å². The third-order valence-electron chi connectivity index (χ3n) is 1.33. The van der Waals surface area contributed by atoms with Crippen LogP contribution in [-0.4, -0.2) is 0 Å². The van der Waals surface area contributed by atoms with Gasteiger partial charge in [-0.15, -0.1) is 0 Å². The Kier molecular flexibility index (Phi) is 10.00. The molecule has 0 unspecified atom stereocenters. The molecule has 0 saturated carbocycles. The molecule has 0 saturated heterocycles. The molecule has 0 rings (SSSR count). The van der Waals surface area contributed by atoms with Crippen LogP contribution in [-0.2, 0) is 0 Å². The van der Waals surface area contributed by atoms with E-state index in [1.807, 2.05) is 24.3 Å². The lowest BCUT2D eigenvalue weighted by atomic mass is 10.3. The summed E-state index contributed by atoms with van der Waals surface area (Å²) in [6.07, 6.45) is 12.3.